The molecule has 5 N–H and O–H groups in total. The molecule has 1 atom stereocenters. The molecule has 0 radical (unpaired) electrons. The number of hydrogen-bond donors (Lipinski definition) is 4. The van der Waals surface area contributed by atoms with E-state index in [-0.39, 0.29) is 17.5 Å². The molecule has 0 aliphatic heterocycles. The standard InChI is InChI=1S/C11H15NO3/c1-2-3-4-8(12)7-5-6-9(13)11(15)10(7)14/h2,5-6,8,13-15H,1,3-4,12H2/t8-/m0/s1. The van der Waals surface area contributed by atoms with E-state index in [0.717, 1.165) is 6.42 Å². The van der Waals surface area contributed by atoms with Crippen molar-refractivity contribution in [1.29, 1.82) is 0 Å². The minimum atomic E-state index is -0.526. The number of hydrogen-bond acceptors (Lipinski definition) is 4. The summed E-state index contributed by atoms with van der Waals surface area (Å²) in [5, 5.41) is 27.9. The fourth-order valence-electron chi connectivity index (χ4n) is 1.34. The largest absolute Gasteiger partial charge is 0.504 e. The van der Waals surface area contributed by atoms with Crippen LogP contribution in [0.25, 0.3) is 0 Å². The van der Waals surface area contributed by atoms with Crippen LogP contribution in [0.5, 0.6) is 17.2 Å². The van der Waals surface area contributed by atoms with E-state index in [1.807, 2.05) is 0 Å². The Morgan fingerprint density at radius 1 is 1.27 bits per heavy atom. The van der Waals surface area contributed by atoms with Gasteiger partial charge >= 0.3 is 0 Å². The number of allylic oxidation sites excluding steroid dienone is 1. The lowest BCUT2D eigenvalue weighted by Crippen LogP contribution is -2.09. The fraction of sp³-hybridized carbons (Fsp3) is 0.273. The van der Waals surface area contributed by atoms with E-state index in [1.54, 1.807) is 6.08 Å². The van der Waals surface area contributed by atoms with E-state index in [9.17, 15) is 10.2 Å². The Labute approximate surface area is 88.3 Å². The van der Waals surface area contributed by atoms with Gasteiger partial charge in [0.1, 0.15) is 0 Å². The van der Waals surface area contributed by atoms with Gasteiger partial charge in [-0.1, -0.05) is 6.08 Å². The van der Waals surface area contributed by atoms with Gasteiger partial charge in [-0.05, 0) is 25.0 Å². The fourth-order valence-corrected chi connectivity index (χ4v) is 1.34. The molecular weight excluding hydrogens is 194 g/mol. The number of phenols is 3. The van der Waals surface area contributed by atoms with E-state index in [0.29, 0.717) is 12.0 Å². The summed E-state index contributed by atoms with van der Waals surface area (Å²) in [6.45, 7) is 3.57. The SMILES string of the molecule is C=CCC[C@H](N)c1ccc(O)c(O)c1O. The molecule has 0 aliphatic rings. The van der Waals surface area contributed by atoms with E-state index in [4.69, 9.17) is 10.8 Å². The molecule has 0 aromatic heterocycles. The molecule has 0 spiro atoms. The maximum Gasteiger partial charge on any atom is 0.200 e. The predicted octanol–water partition coefficient (Wildman–Crippen LogP) is 1.77. The average molecular weight is 209 g/mol. The molecule has 0 bridgehead atoms. The van der Waals surface area contributed by atoms with Gasteiger partial charge in [0.2, 0.25) is 5.75 Å². The first-order valence-electron chi connectivity index (χ1n) is 4.68. The lowest BCUT2D eigenvalue weighted by Gasteiger charge is -2.13. The Morgan fingerprint density at radius 2 is 1.93 bits per heavy atom. The molecule has 0 aliphatic carbocycles. The highest BCUT2D eigenvalue weighted by Crippen LogP contribution is 2.39. The van der Waals surface area contributed by atoms with E-state index in [2.05, 4.69) is 6.58 Å². The molecule has 15 heavy (non-hydrogen) atoms. The number of aromatic hydroxyl groups is 3. The third kappa shape index (κ3) is 2.41. The monoisotopic (exact) mass is 209 g/mol. The van der Waals surface area contributed by atoms with Crippen molar-refractivity contribution in [3.63, 3.8) is 0 Å². The van der Waals surface area contributed by atoms with Crippen LogP contribution in [0, 0.1) is 0 Å². The van der Waals surface area contributed by atoms with E-state index in [1.165, 1.54) is 12.1 Å². The van der Waals surface area contributed by atoms with Crippen molar-refractivity contribution < 1.29 is 15.3 Å². The molecular formula is C11H15NO3. The third-order valence-electron chi connectivity index (χ3n) is 2.24. The highest BCUT2D eigenvalue weighted by Gasteiger charge is 2.15. The van der Waals surface area contributed by atoms with Gasteiger partial charge in [0.25, 0.3) is 0 Å². The van der Waals surface area contributed by atoms with Crippen LogP contribution in [-0.4, -0.2) is 15.3 Å². The van der Waals surface area contributed by atoms with E-state index >= 15 is 0 Å². The van der Waals surface area contributed by atoms with Gasteiger partial charge in [0.05, 0.1) is 0 Å². The molecule has 0 amide bonds. The van der Waals surface area contributed by atoms with Crippen LogP contribution >= 0.6 is 0 Å². The lowest BCUT2D eigenvalue weighted by atomic mass is 10.0. The summed E-state index contributed by atoms with van der Waals surface area (Å²) in [5.41, 5.74) is 6.22. The smallest absolute Gasteiger partial charge is 0.200 e. The first kappa shape index (κ1) is 11.4. The third-order valence-corrected chi connectivity index (χ3v) is 2.24. The van der Waals surface area contributed by atoms with Crippen molar-refractivity contribution in [3.8, 4) is 17.2 Å². The van der Waals surface area contributed by atoms with Gasteiger partial charge < -0.3 is 21.1 Å². The molecule has 0 saturated heterocycles. The highest BCUT2D eigenvalue weighted by atomic mass is 16.3. The van der Waals surface area contributed by atoms with Crippen molar-refractivity contribution in [2.24, 2.45) is 5.73 Å². The second-order valence-corrected chi connectivity index (χ2v) is 3.34. The zero-order valence-electron chi connectivity index (χ0n) is 8.35. The number of benzene rings is 1. The van der Waals surface area contributed by atoms with Crippen molar-refractivity contribution in [2.45, 2.75) is 18.9 Å². The van der Waals surface area contributed by atoms with Crippen molar-refractivity contribution >= 4 is 0 Å². The maximum absolute atomic E-state index is 9.53. The summed E-state index contributed by atoms with van der Waals surface area (Å²) in [7, 11) is 0. The summed E-state index contributed by atoms with van der Waals surface area (Å²) in [6.07, 6.45) is 3.08. The minimum Gasteiger partial charge on any atom is -0.504 e. The Balaban J connectivity index is 2.94. The van der Waals surface area contributed by atoms with Crippen molar-refractivity contribution in [3.05, 3.63) is 30.4 Å². The second kappa shape index (κ2) is 4.70. The molecule has 82 valence electrons. The Hall–Kier alpha value is -1.68. The summed E-state index contributed by atoms with van der Waals surface area (Å²) >= 11 is 0. The van der Waals surface area contributed by atoms with Crippen LogP contribution in [0.4, 0.5) is 0 Å². The Kier molecular flexibility index (Phi) is 3.57. The maximum atomic E-state index is 9.53. The Bertz CT molecular complexity index is 363. The van der Waals surface area contributed by atoms with Crippen LogP contribution in [-0.2, 0) is 0 Å². The van der Waals surface area contributed by atoms with E-state index < -0.39 is 5.75 Å². The first-order valence-corrected chi connectivity index (χ1v) is 4.68. The van der Waals surface area contributed by atoms with Crippen molar-refractivity contribution in [1.82, 2.24) is 0 Å². The molecule has 1 aromatic rings. The van der Waals surface area contributed by atoms with Gasteiger partial charge in [-0.3, -0.25) is 0 Å². The molecule has 0 saturated carbocycles. The highest BCUT2D eigenvalue weighted by molar-refractivity contribution is 5.54. The molecule has 0 fully saturated rings. The summed E-state index contributed by atoms with van der Waals surface area (Å²) in [5.74, 6) is -1.24. The van der Waals surface area contributed by atoms with Crippen LogP contribution in [0.2, 0.25) is 0 Å². The van der Waals surface area contributed by atoms with Gasteiger partial charge in [-0.2, -0.15) is 0 Å². The van der Waals surface area contributed by atoms with Crippen LogP contribution in [0.1, 0.15) is 24.4 Å². The molecule has 0 heterocycles. The Morgan fingerprint density at radius 3 is 2.53 bits per heavy atom. The van der Waals surface area contributed by atoms with Gasteiger partial charge in [-0.15, -0.1) is 6.58 Å². The summed E-state index contributed by atoms with van der Waals surface area (Å²) < 4.78 is 0. The zero-order valence-corrected chi connectivity index (χ0v) is 8.35. The van der Waals surface area contributed by atoms with Gasteiger partial charge in [0, 0.05) is 11.6 Å². The molecule has 0 unspecified atom stereocenters. The summed E-state index contributed by atoms with van der Waals surface area (Å²) in [4.78, 5) is 0. The normalized spacial score (nSPS) is 12.3. The summed E-state index contributed by atoms with van der Waals surface area (Å²) in [6, 6.07) is 2.42. The zero-order chi connectivity index (χ0) is 11.4. The minimum absolute atomic E-state index is 0.354. The topological polar surface area (TPSA) is 86.7 Å². The van der Waals surface area contributed by atoms with Gasteiger partial charge in [0.15, 0.2) is 11.5 Å². The first-order chi connectivity index (χ1) is 7.07. The number of nitrogens with two attached hydrogens (primary N) is 1. The van der Waals surface area contributed by atoms with Gasteiger partial charge in [-0.25, -0.2) is 0 Å². The van der Waals surface area contributed by atoms with Crippen LogP contribution < -0.4 is 5.73 Å². The molecule has 1 aromatic carbocycles. The average Bonchev–Trinajstić information content (AvgIpc) is 2.23. The molecule has 4 heteroatoms. The predicted molar refractivity (Wildman–Crippen MR) is 57.8 cm³/mol. The van der Waals surface area contributed by atoms with Crippen LogP contribution in [0.15, 0.2) is 24.8 Å². The molecule has 1 rings (SSSR count). The number of phenolic OH excluding ortho intramolecular Hbond substituents is 3. The quantitative estimate of drug-likeness (QED) is 0.449. The lowest BCUT2D eigenvalue weighted by molar-refractivity contribution is 0.362. The number of rotatable bonds is 4. The van der Waals surface area contributed by atoms with Crippen molar-refractivity contribution in [2.75, 3.05) is 0 Å². The second-order valence-electron chi connectivity index (χ2n) is 3.34. The van der Waals surface area contributed by atoms with Crippen LogP contribution in [0.3, 0.4) is 0 Å². The molecule has 4 nitrogen and oxygen atoms in total.